The predicted octanol–water partition coefficient (Wildman–Crippen LogP) is 4.15. The Morgan fingerprint density at radius 3 is 2.50 bits per heavy atom. The van der Waals surface area contributed by atoms with Gasteiger partial charge in [0.15, 0.2) is 0 Å². The SMILES string of the molecule is CC(N[C@@H](C)c1cccnc1)c1ccccc1Cl. The van der Waals surface area contributed by atoms with Gasteiger partial charge in [0.2, 0.25) is 0 Å². The smallest absolute Gasteiger partial charge is 0.0453 e. The summed E-state index contributed by atoms with van der Waals surface area (Å²) in [6.45, 7) is 4.25. The molecule has 0 bridgehead atoms. The molecule has 2 rings (SSSR count). The van der Waals surface area contributed by atoms with Gasteiger partial charge in [-0.1, -0.05) is 35.9 Å². The van der Waals surface area contributed by atoms with Crippen LogP contribution in [0.15, 0.2) is 48.8 Å². The van der Waals surface area contributed by atoms with Crippen LogP contribution in [0.4, 0.5) is 0 Å². The van der Waals surface area contributed by atoms with E-state index in [0.717, 1.165) is 10.6 Å². The van der Waals surface area contributed by atoms with E-state index in [2.05, 4.69) is 36.3 Å². The quantitative estimate of drug-likeness (QED) is 0.893. The van der Waals surface area contributed by atoms with E-state index >= 15 is 0 Å². The number of nitrogens with one attached hydrogen (secondary N) is 1. The Kier molecular flexibility index (Phi) is 4.34. The second kappa shape index (κ2) is 5.98. The highest BCUT2D eigenvalue weighted by Gasteiger charge is 2.13. The van der Waals surface area contributed by atoms with Crippen molar-refractivity contribution >= 4 is 11.6 Å². The minimum Gasteiger partial charge on any atom is -0.304 e. The normalized spacial score (nSPS) is 14.2. The summed E-state index contributed by atoms with van der Waals surface area (Å²) in [5.41, 5.74) is 2.30. The summed E-state index contributed by atoms with van der Waals surface area (Å²) in [6.07, 6.45) is 3.67. The zero-order valence-corrected chi connectivity index (χ0v) is 11.4. The Bertz CT molecular complexity index is 499. The lowest BCUT2D eigenvalue weighted by molar-refractivity contribution is 0.494. The molecule has 18 heavy (non-hydrogen) atoms. The van der Waals surface area contributed by atoms with Gasteiger partial charge in [-0.2, -0.15) is 0 Å². The van der Waals surface area contributed by atoms with Gasteiger partial charge in [0.1, 0.15) is 0 Å². The summed E-state index contributed by atoms with van der Waals surface area (Å²) in [5.74, 6) is 0. The van der Waals surface area contributed by atoms with E-state index in [0.29, 0.717) is 0 Å². The van der Waals surface area contributed by atoms with Gasteiger partial charge < -0.3 is 5.32 Å². The average Bonchev–Trinajstić information content (AvgIpc) is 2.40. The molecule has 0 fully saturated rings. The van der Waals surface area contributed by atoms with Crippen LogP contribution in [0.5, 0.6) is 0 Å². The Morgan fingerprint density at radius 2 is 1.83 bits per heavy atom. The zero-order valence-electron chi connectivity index (χ0n) is 10.6. The first-order valence-electron chi connectivity index (χ1n) is 6.09. The fourth-order valence-electron chi connectivity index (χ4n) is 2.02. The lowest BCUT2D eigenvalue weighted by Gasteiger charge is -2.21. The molecular weight excluding hydrogens is 244 g/mol. The first kappa shape index (κ1) is 13.1. The predicted molar refractivity (Wildman–Crippen MR) is 75.7 cm³/mol. The van der Waals surface area contributed by atoms with E-state index in [4.69, 9.17) is 11.6 Å². The van der Waals surface area contributed by atoms with Gasteiger partial charge in [-0.25, -0.2) is 0 Å². The number of rotatable bonds is 4. The van der Waals surface area contributed by atoms with Crippen molar-refractivity contribution in [3.63, 3.8) is 0 Å². The maximum absolute atomic E-state index is 6.20. The van der Waals surface area contributed by atoms with Crippen LogP contribution in [0.3, 0.4) is 0 Å². The molecule has 1 aromatic carbocycles. The molecule has 1 N–H and O–H groups in total. The molecule has 1 aromatic heterocycles. The number of hydrogen-bond acceptors (Lipinski definition) is 2. The van der Waals surface area contributed by atoms with Crippen LogP contribution in [0.1, 0.15) is 37.1 Å². The molecule has 2 aromatic rings. The molecule has 0 aliphatic heterocycles. The molecule has 1 unspecified atom stereocenters. The summed E-state index contributed by atoms with van der Waals surface area (Å²) in [4.78, 5) is 4.14. The van der Waals surface area contributed by atoms with Crippen molar-refractivity contribution < 1.29 is 0 Å². The second-order valence-electron chi connectivity index (χ2n) is 4.42. The van der Waals surface area contributed by atoms with Crippen molar-refractivity contribution in [3.05, 3.63) is 64.9 Å². The van der Waals surface area contributed by atoms with Crippen molar-refractivity contribution in [2.24, 2.45) is 0 Å². The standard InChI is InChI=1S/C15H17ClN2/c1-11(13-6-5-9-17-10-13)18-12(2)14-7-3-4-8-15(14)16/h3-12,18H,1-2H3/t11-,12?/m0/s1. The van der Waals surface area contributed by atoms with Gasteiger partial charge in [0, 0.05) is 29.5 Å². The maximum atomic E-state index is 6.20. The van der Waals surface area contributed by atoms with Crippen LogP contribution in [0.2, 0.25) is 5.02 Å². The van der Waals surface area contributed by atoms with Gasteiger partial charge in [-0.15, -0.1) is 0 Å². The van der Waals surface area contributed by atoms with Crippen molar-refractivity contribution in [1.82, 2.24) is 10.3 Å². The highest BCUT2D eigenvalue weighted by Crippen LogP contribution is 2.24. The Hall–Kier alpha value is -1.38. The number of hydrogen-bond donors (Lipinski definition) is 1. The third-order valence-electron chi connectivity index (χ3n) is 3.06. The Morgan fingerprint density at radius 1 is 1.06 bits per heavy atom. The van der Waals surface area contributed by atoms with Crippen molar-refractivity contribution in [3.8, 4) is 0 Å². The first-order chi connectivity index (χ1) is 8.68. The molecule has 0 aliphatic carbocycles. The van der Waals surface area contributed by atoms with Crippen LogP contribution in [0, 0.1) is 0 Å². The van der Waals surface area contributed by atoms with E-state index in [1.54, 1.807) is 6.20 Å². The van der Waals surface area contributed by atoms with Crippen LogP contribution < -0.4 is 5.32 Å². The fraction of sp³-hybridized carbons (Fsp3) is 0.267. The minimum absolute atomic E-state index is 0.203. The van der Waals surface area contributed by atoms with Gasteiger partial charge in [-0.05, 0) is 37.1 Å². The summed E-state index contributed by atoms with van der Waals surface area (Å²) in [7, 11) is 0. The van der Waals surface area contributed by atoms with E-state index in [-0.39, 0.29) is 12.1 Å². The lowest BCUT2D eigenvalue weighted by atomic mass is 10.1. The molecule has 94 valence electrons. The minimum atomic E-state index is 0.203. The Labute approximate surface area is 113 Å². The largest absolute Gasteiger partial charge is 0.304 e. The molecule has 0 saturated carbocycles. The second-order valence-corrected chi connectivity index (χ2v) is 4.83. The van der Waals surface area contributed by atoms with Gasteiger partial charge in [-0.3, -0.25) is 4.98 Å². The molecule has 0 spiro atoms. The summed E-state index contributed by atoms with van der Waals surface area (Å²) in [6, 6.07) is 12.4. The molecule has 0 saturated heterocycles. The molecule has 1 heterocycles. The van der Waals surface area contributed by atoms with Crippen LogP contribution >= 0.6 is 11.6 Å². The third-order valence-corrected chi connectivity index (χ3v) is 3.40. The van der Waals surface area contributed by atoms with Crippen LogP contribution in [-0.2, 0) is 0 Å². The summed E-state index contributed by atoms with van der Waals surface area (Å²) < 4.78 is 0. The molecular formula is C15H17ClN2. The van der Waals surface area contributed by atoms with E-state index < -0.39 is 0 Å². The number of aromatic nitrogens is 1. The maximum Gasteiger partial charge on any atom is 0.0453 e. The number of benzene rings is 1. The van der Waals surface area contributed by atoms with Crippen LogP contribution in [0.25, 0.3) is 0 Å². The monoisotopic (exact) mass is 260 g/mol. The van der Waals surface area contributed by atoms with Gasteiger partial charge in [0.25, 0.3) is 0 Å². The lowest BCUT2D eigenvalue weighted by Crippen LogP contribution is -2.22. The topological polar surface area (TPSA) is 24.9 Å². The molecule has 2 atom stereocenters. The summed E-state index contributed by atoms with van der Waals surface area (Å²) >= 11 is 6.20. The fourth-order valence-corrected chi connectivity index (χ4v) is 2.32. The average molecular weight is 261 g/mol. The van der Waals surface area contributed by atoms with E-state index in [1.807, 2.05) is 30.5 Å². The third kappa shape index (κ3) is 3.09. The van der Waals surface area contributed by atoms with E-state index in [1.165, 1.54) is 5.56 Å². The number of halogens is 1. The molecule has 0 aliphatic rings. The Balaban J connectivity index is 2.08. The van der Waals surface area contributed by atoms with Gasteiger partial charge in [0.05, 0.1) is 0 Å². The molecule has 2 nitrogen and oxygen atoms in total. The van der Waals surface area contributed by atoms with Crippen molar-refractivity contribution in [1.29, 1.82) is 0 Å². The number of pyridine rings is 1. The van der Waals surface area contributed by atoms with Crippen LogP contribution in [-0.4, -0.2) is 4.98 Å². The van der Waals surface area contributed by atoms with Crippen molar-refractivity contribution in [2.45, 2.75) is 25.9 Å². The van der Waals surface area contributed by atoms with E-state index in [9.17, 15) is 0 Å². The molecule has 0 amide bonds. The number of nitrogens with zero attached hydrogens (tertiary/aromatic N) is 1. The zero-order chi connectivity index (χ0) is 13.0. The highest BCUT2D eigenvalue weighted by molar-refractivity contribution is 6.31. The highest BCUT2D eigenvalue weighted by atomic mass is 35.5. The molecule has 3 heteroatoms. The molecule has 0 radical (unpaired) electrons. The first-order valence-corrected chi connectivity index (χ1v) is 6.46. The van der Waals surface area contributed by atoms with Gasteiger partial charge >= 0.3 is 0 Å². The van der Waals surface area contributed by atoms with Crippen molar-refractivity contribution in [2.75, 3.05) is 0 Å². The summed E-state index contributed by atoms with van der Waals surface area (Å²) in [5, 5.41) is 4.33.